The highest BCUT2D eigenvalue weighted by Gasteiger charge is 2.07. The molecule has 0 fully saturated rings. The van der Waals surface area contributed by atoms with Gasteiger partial charge in [0.2, 0.25) is 0 Å². The van der Waals surface area contributed by atoms with Crippen LogP contribution in [0.25, 0.3) is 0 Å². The molecule has 1 heterocycles. The summed E-state index contributed by atoms with van der Waals surface area (Å²) in [4.78, 5) is 9.33. The standard InChI is InChI=1S/C16H29N3/c1-6-9-17-16-11-14(10-13(4)5)18-15(19-16)8-7-12(2)3/h11-13H,6-10H2,1-5H3,(H,17,18,19). The van der Waals surface area contributed by atoms with Crippen LogP contribution in [-0.2, 0) is 12.8 Å². The SMILES string of the molecule is CCCNc1cc(CC(C)C)nc(CCC(C)C)n1. The van der Waals surface area contributed by atoms with Gasteiger partial charge < -0.3 is 5.32 Å². The molecule has 0 saturated carbocycles. The van der Waals surface area contributed by atoms with Crippen molar-refractivity contribution in [2.24, 2.45) is 11.8 Å². The number of nitrogens with zero attached hydrogens (tertiary/aromatic N) is 2. The summed E-state index contributed by atoms with van der Waals surface area (Å²) in [6.07, 6.45) is 4.27. The zero-order valence-corrected chi connectivity index (χ0v) is 13.2. The molecule has 108 valence electrons. The lowest BCUT2D eigenvalue weighted by molar-refractivity contribution is 0.570. The molecule has 1 aromatic rings. The first-order chi connectivity index (χ1) is 9.01. The Kier molecular flexibility index (Phi) is 6.82. The molecule has 0 aliphatic rings. The average molecular weight is 263 g/mol. The van der Waals surface area contributed by atoms with Gasteiger partial charge >= 0.3 is 0 Å². The summed E-state index contributed by atoms with van der Waals surface area (Å²) in [6.45, 7) is 12.1. The molecule has 0 aromatic carbocycles. The lowest BCUT2D eigenvalue weighted by Gasteiger charge is -2.11. The van der Waals surface area contributed by atoms with Gasteiger partial charge in [-0.1, -0.05) is 34.6 Å². The average Bonchev–Trinajstić information content (AvgIpc) is 2.33. The maximum absolute atomic E-state index is 4.70. The molecule has 0 amide bonds. The summed E-state index contributed by atoms with van der Waals surface area (Å²) < 4.78 is 0. The molecule has 1 aromatic heterocycles. The molecule has 0 aliphatic carbocycles. The fourth-order valence-corrected chi connectivity index (χ4v) is 1.95. The first-order valence-corrected chi connectivity index (χ1v) is 7.62. The molecular formula is C16H29N3. The summed E-state index contributed by atoms with van der Waals surface area (Å²) >= 11 is 0. The van der Waals surface area contributed by atoms with E-state index in [9.17, 15) is 0 Å². The van der Waals surface area contributed by atoms with Crippen LogP contribution in [0, 0.1) is 11.8 Å². The quantitative estimate of drug-likeness (QED) is 0.767. The zero-order chi connectivity index (χ0) is 14.3. The summed E-state index contributed by atoms with van der Waals surface area (Å²) in [5.41, 5.74) is 1.17. The van der Waals surface area contributed by atoms with E-state index in [1.165, 1.54) is 5.69 Å². The van der Waals surface area contributed by atoms with Crippen LogP contribution in [0.4, 0.5) is 5.82 Å². The van der Waals surface area contributed by atoms with E-state index in [2.05, 4.69) is 51.0 Å². The Bertz CT molecular complexity index is 372. The topological polar surface area (TPSA) is 37.8 Å². The number of anilines is 1. The molecule has 0 atom stereocenters. The van der Waals surface area contributed by atoms with Crippen molar-refractivity contribution in [1.82, 2.24) is 9.97 Å². The van der Waals surface area contributed by atoms with Gasteiger partial charge in [0.15, 0.2) is 0 Å². The molecule has 19 heavy (non-hydrogen) atoms. The van der Waals surface area contributed by atoms with Crippen molar-refractivity contribution < 1.29 is 0 Å². The van der Waals surface area contributed by atoms with Gasteiger partial charge in [-0.25, -0.2) is 9.97 Å². The summed E-state index contributed by atoms with van der Waals surface area (Å²) in [5, 5.41) is 3.38. The minimum atomic E-state index is 0.631. The fraction of sp³-hybridized carbons (Fsp3) is 0.750. The Balaban J connectivity index is 2.81. The third-order valence-electron chi connectivity index (χ3n) is 2.94. The maximum Gasteiger partial charge on any atom is 0.131 e. The fourth-order valence-electron chi connectivity index (χ4n) is 1.95. The monoisotopic (exact) mass is 263 g/mol. The van der Waals surface area contributed by atoms with E-state index in [-0.39, 0.29) is 0 Å². The van der Waals surface area contributed by atoms with Crippen molar-refractivity contribution in [1.29, 1.82) is 0 Å². The van der Waals surface area contributed by atoms with Gasteiger partial charge in [-0.2, -0.15) is 0 Å². The second-order valence-electron chi connectivity index (χ2n) is 6.12. The number of aryl methyl sites for hydroxylation is 1. The molecular weight excluding hydrogens is 234 g/mol. The molecule has 0 spiro atoms. The van der Waals surface area contributed by atoms with Crippen LogP contribution in [0.5, 0.6) is 0 Å². The van der Waals surface area contributed by atoms with Crippen LogP contribution in [0.2, 0.25) is 0 Å². The van der Waals surface area contributed by atoms with Crippen molar-refractivity contribution in [2.75, 3.05) is 11.9 Å². The molecule has 0 saturated heterocycles. The highest BCUT2D eigenvalue weighted by molar-refractivity contribution is 5.36. The van der Waals surface area contributed by atoms with Crippen LogP contribution < -0.4 is 5.32 Å². The van der Waals surface area contributed by atoms with Gasteiger partial charge in [-0.15, -0.1) is 0 Å². The normalized spacial score (nSPS) is 11.3. The molecule has 1 rings (SSSR count). The number of aromatic nitrogens is 2. The van der Waals surface area contributed by atoms with Crippen LogP contribution in [0.15, 0.2) is 6.07 Å². The minimum absolute atomic E-state index is 0.631. The van der Waals surface area contributed by atoms with Gasteiger partial charge in [0.25, 0.3) is 0 Å². The van der Waals surface area contributed by atoms with Crippen LogP contribution in [0.1, 0.15) is 59.0 Å². The van der Waals surface area contributed by atoms with Gasteiger partial charge in [-0.3, -0.25) is 0 Å². The first-order valence-electron chi connectivity index (χ1n) is 7.62. The van der Waals surface area contributed by atoms with Gasteiger partial charge in [0.1, 0.15) is 11.6 Å². The van der Waals surface area contributed by atoms with Crippen molar-refractivity contribution >= 4 is 5.82 Å². The highest BCUT2D eigenvalue weighted by atomic mass is 15.0. The molecule has 0 radical (unpaired) electrons. The number of nitrogens with one attached hydrogen (secondary N) is 1. The van der Waals surface area contributed by atoms with Crippen molar-refractivity contribution in [3.63, 3.8) is 0 Å². The van der Waals surface area contributed by atoms with Gasteiger partial charge in [-0.05, 0) is 31.1 Å². The Morgan fingerprint density at radius 2 is 1.84 bits per heavy atom. The zero-order valence-electron chi connectivity index (χ0n) is 13.2. The van der Waals surface area contributed by atoms with Gasteiger partial charge in [0.05, 0.1) is 0 Å². The first kappa shape index (κ1) is 15.9. The van der Waals surface area contributed by atoms with E-state index in [4.69, 9.17) is 4.98 Å². The maximum atomic E-state index is 4.70. The minimum Gasteiger partial charge on any atom is -0.370 e. The highest BCUT2D eigenvalue weighted by Crippen LogP contribution is 2.13. The third kappa shape index (κ3) is 6.55. The van der Waals surface area contributed by atoms with E-state index in [0.717, 1.165) is 43.9 Å². The van der Waals surface area contributed by atoms with Crippen molar-refractivity contribution in [2.45, 2.75) is 60.3 Å². The molecule has 0 bridgehead atoms. The Morgan fingerprint density at radius 1 is 1.11 bits per heavy atom. The van der Waals surface area contributed by atoms with E-state index < -0.39 is 0 Å². The third-order valence-corrected chi connectivity index (χ3v) is 2.94. The largest absolute Gasteiger partial charge is 0.370 e. The van der Waals surface area contributed by atoms with Gasteiger partial charge in [0, 0.05) is 24.7 Å². The van der Waals surface area contributed by atoms with E-state index in [1.807, 2.05) is 0 Å². The second kappa shape index (κ2) is 8.13. The lowest BCUT2D eigenvalue weighted by Crippen LogP contribution is -2.09. The predicted molar refractivity (Wildman–Crippen MR) is 82.5 cm³/mol. The summed E-state index contributed by atoms with van der Waals surface area (Å²) in [5.74, 6) is 3.31. The molecule has 0 unspecified atom stereocenters. The second-order valence-corrected chi connectivity index (χ2v) is 6.12. The summed E-state index contributed by atoms with van der Waals surface area (Å²) in [7, 11) is 0. The number of hydrogen-bond donors (Lipinski definition) is 1. The molecule has 3 nitrogen and oxygen atoms in total. The Hall–Kier alpha value is -1.12. The molecule has 1 N–H and O–H groups in total. The van der Waals surface area contributed by atoms with Crippen LogP contribution in [0.3, 0.4) is 0 Å². The van der Waals surface area contributed by atoms with Crippen molar-refractivity contribution in [3.8, 4) is 0 Å². The van der Waals surface area contributed by atoms with Crippen molar-refractivity contribution in [3.05, 3.63) is 17.6 Å². The van der Waals surface area contributed by atoms with E-state index in [1.54, 1.807) is 0 Å². The van der Waals surface area contributed by atoms with E-state index >= 15 is 0 Å². The van der Waals surface area contributed by atoms with Crippen LogP contribution in [-0.4, -0.2) is 16.5 Å². The Labute approximate surface area is 118 Å². The molecule has 0 aliphatic heterocycles. The number of rotatable bonds is 8. The Morgan fingerprint density at radius 3 is 2.42 bits per heavy atom. The molecule has 3 heteroatoms. The number of hydrogen-bond acceptors (Lipinski definition) is 3. The summed E-state index contributed by atoms with van der Waals surface area (Å²) in [6, 6.07) is 2.11. The predicted octanol–water partition coefficient (Wildman–Crippen LogP) is 4.09. The smallest absolute Gasteiger partial charge is 0.131 e. The van der Waals surface area contributed by atoms with E-state index in [0.29, 0.717) is 11.8 Å². The van der Waals surface area contributed by atoms with Crippen LogP contribution >= 0.6 is 0 Å². The lowest BCUT2D eigenvalue weighted by atomic mass is 10.1.